The number of rotatable bonds is 3. The van der Waals surface area contributed by atoms with Gasteiger partial charge in [0, 0.05) is 19.6 Å². The molecule has 1 fully saturated rings. The molecule has 0 aliphatic heterocycles. The van der Waals surface area contributed by atoms with E-state index in [-0.39, 0.29) is 5.91 Å². The van der Waals surface area contributed by atoms with Gasteiger partial charge in [0.05, 0.1) is 11.4 Å². The Morgan fingerprint density at radius 2 is 2.00 bits per heavy atom. The first-order valence-electron chi connectivity index (χ1n) is 7.55. The normalized spacial score (nSPS) is 22.8. The average molecular weight is 278 g/mol. The Morgan fingerprint density at radius 1 is 1.40 bits per heavy atom. The number of aromatic nitrogens is 2. The van der Waals surface area contributed by atoms with Crippen LogP contribution >= 0.6 is 0 Å². The highest BCUT2D eigenvalue weighted by molar-refractivity contribution is 5.98. The van der Waals surface area contributed by atoms with Crippen molar-refractivity contribution in [1.82, 2.24) is 14.7 Å². The molecule has 5 heteroatoms. The van der Waals surface area contributed by atoms with Crippen molar-refractivity contribution in [3.63, 3.8) is 0 Å². The van der Waals surface area contributed by atoms with Crippen LogP contribution < -0.4 is 5.73 Å². The van der Waals surface area contributed by atoms with Crippen LogP contribution in [-0.2, 0) is 6.54 Å². The Bertz CT molecular complexity index is 486. The van der Waals surface area contributed by atoms with Gasteiger partial charge in [-0.15, -0.1) is 0 Å². The van der Waals surface area contributed by atoms with Gasteiger partial charge in [-0.2, -0.15) is 5.10 Å². The summed E-state index contributed by atoms with van der Waals surface area (Å²) in [6, 6.07) is 0.332. The summed E-state index contributed by atoms with van der Waals surface area (Å²) in [7, 11) is 1.89. The minimum absolute atomic E-state index is 0.00417. The lowest BCUT2D eigenvalue weighted by Crippen LogP contribution is -2.40. The molecule has 20 heavy (non-hydrogen) atoms. The van der Waals surface area contributed by atoms with E-state index >= 15 is 0 Å². The van der Waals surface area contributed by atoms with E-state index in [4.69, 9.17) is 5.73 Å². The Morgan fingerprint density at radius 3 is 2.55 bits per heavy atom. The van der Waals surface area contributed by atoms with Crippen LogP contribution in [0, 0.1) is 12.8 Å². The third-order valence-corrected chi connectivity index (χ3v) is 4.53. The summed E-state index contributed by atoms with van der Waals surface area (Å²) in [5, 5.41) is 4.33. The summed E-state index contributed by atoms with van der Waals surface area (Å²) in [4.78, 5) is 14.6. The fourth-order valence-corrected chi connectivity index (χ4v) is 3.01. The molecule has 112 valence electrons. The lowest BCUT2D eigenvalue weighted by molar-refractivity contribution is 0.0668. The zero-order valence-electron chi connectivity index (χ0n) is 13.0. The summed E-state index contributed by atoms with van der Waals surface area (Å²) in [5.41, 5.74) is 7.84. The predicted molar refractivity (Wildman–Crippen MR) is 80.6 cm³/mol. The molecule has 1 aliphatic carbocycles. The summed E-state index contributed by atoms with van der Waals surface area (Å²) in [6.07, 6.45) is 4.57. The molecule has 0 radical (unpaired) electrons. The van der Waals surface area contributed by atoms with Crippen LogP contribution in [0.1, 0.15) is 55.7 Å². The van der Waals surface area contributed by atoms with Crippen molar-refractivity contribution in [3.8, 4) is 0 Å². The average Bonchev–Trinajstić information content (AvgIpc) is 2.73. The number of aryl methyl sites for hydroxylation is 2. The van der Waals surface area contributed by atoms with E-state index in [1.165, 1.54) is 12.8 Å². The second-order valence-corrected chi connectivity index (χ2v) is 5.99. The van der Waals surface area contributed by atoms with Crippen molar-refractivity contribution in [1.29, 1.82) is 0 Å². The molecule has 2 N–H and O–H groups in total. The van der Waals surface area contributed by atoms with E-state index in [2.05, 4.69) is 12.0 Å². The SMILES string of the molecule is CCn1nc(C)c(N)c1C(=O)N(C)C1CCC(C)CC1. The van der Waals surface area contributed by atoms with Gasteiger partial charge in [-0.3, -0.25) is 9.48 Å². The van der Waals surface area contributed by atoms with Crippen LogP contribution in [0.5, 0.6) is 0 Å². The van der Waals surface area contributed by atoms with Gasteiger partial charge in [-0.25, -0.2) is 0 Å². The van der Waals surface area contributed by atoms with Crippen LogP contribution in [0.4, 0.5) is 5.69 Å². The molecule has 5 nitrogen and oxygen atoms in total. The molecule has 0 bridgehead atoms. The monoisotopic (exact) mass is 278 g/mol. The van der Waals surface area contributed by atoms with Gasteiger partial charge in [0.2, 0.25) is 0 Å². The summed E-state index contributed by atoms with van der Waals surface area (Å²) in [5.74, 6) is 0.785. The van der Waals surface area contributed by atoms with Crippen LogP contribution in [0.15, 0.2) is 0 Å². The first-order chi connectivity index (χ1) is 9.45. The van der Waals surface area contributed by atoms with Crippen LogP contribution in [0.3, 0.4) is 0 Å². The molecule has 1 aliphatic rings. The predicted octanol–water partition coefficient (Wildman–Crippen LogP) is 2.44. The van der Waals surface area contributed by atoms with Gasteiger partial charge in [-0.1, -0.05) is 6.92 Å². The Hall–Kier alpha value is -1.52. The number of carbonyl (C=O) groups is 1. The summed E-state index contributed by atoms with van der Waals surface area (Å²) < 4.78 is 1.72. The van der Waals surface area contributed by atoms with Crippen molar-refractivity contribution >= 4 is 11.6 Å². The topological polar surface area (TPSA) is 64.2 Å². The minimum Gasteiger partial charge on any atom is -0.395 e. The first-order valence-corrected chi connectivity index (χ1v) is 7.55. The number of carbonyl (C=O) groups excluding carboxylic acids is 1. The van der Waals surface area contributed by atoms with E-state index in [9.17, 15) is 4.79 Å². The Labute approximate surface area is 121 Å². The maximum Gasteiger partial charge on any atom is 0.274 e. The molecule has 0 unspecified atom stereocenters. The molecule has 1 aromatic heterocycles. The van der Waals surface area contributed by atoms with Crippen LogP contribution in [0.25, 0.3) is 0 Å². The van der Waals surface area contributed by atoms with Gasteiger partial charge >= 0.3 is 0 Å². The number of amides is 1. The molecule has 1 aromatic rings. The Balaban J connectivity index is 2.18. The highest BCUT2D eigenvalue weighted by Gasteiger charge is 2.29. The van der Waals surface area contributed by atoms with Gasteiger partial charge in [0.1, 0.15) is 5.69 Å². The molecule has 0 atom stereocenters. The van der Waals surface area contributed by atoms with E-state index in [1.807, 2.05) is 25.8 Å². The standard InChI is InChI=1S/C15H26N4O/c1-5-19-14(13(16)11(3)17-19)15(20)18(4)12-8-6-10(2)7-9-12/h10,12H,5-9,16H2,1-4H3. The Kier molecular flexibility index (Phi) is 4.35. The second-order valence-electron chi connectivity index (χ2n) is 5.99. The van der Waals surface area contributed by atoms with Gasteiger partial charge in [0.25, 0.3) is 5.91 Å². The number of anilines is 1. The number of nitrogens with zero attached hydrogens (tertiary/aromatic N) is 3. The maximum absolute atomic E-state index is 12.7. The summed E-state index contributed by atoms with van der Waals surface area (Å²) >= 11 is 0. The molecule has 0 spiro atoms. The first kappa shape index (κ1) is 14.9. The molecule has 1 saturated carbocycles. The fourth-order valence-electron chi connectivity index (χ4n) is 3.01. The number of hydrogen-bond acceptors (Lipinski definition) is 3. The second kappa shape index (κ2) is 5.85. The third kappa shape index (κ3) is 2.67. The molecule has 0 aromatic carbocycles. The van der Waals surface area contributed by atoms with E-state index in [1.54, 1.807) is 4.68 Å². The van der Waals surface area contributed by atoms with Crippen molar-refractivity contribution in [2.24, 2.45) is 5.92 Å². The number of nitrogen functional groups attached to an aromatic ring is 1. The maximum atomic E-state index is 12.7. The minimum atomic E-state index is 0.00417. The molecule has 1 amide bonds. The quantitative estimate of drug-likeness (QED) is 0.923. The van der Waals surface area contributed by atoms with E-state index < -0.39 is 0 Å². The van der Waals surface area contributed by atoms with Gasteiger partial charge in [0.15, 0.2) is 0 Å². The molecule has 1 heterocycles. The molecule has 2 rings (SSSR count). The highest BCUT2D eigenvalue weighted by atomic mass is 16.2. The summed E-state index contributed by atoms with van der Waals surface area (Å²) in [6.45, 7) is 6.77. The highest BCUT2D eigenvalue weighted by Crippen LogP contribution is 2.28. The van der Waals surface area contributed by atoms with Crippen molar-refractivity contribution in [2.45, 2.75) is 59.0 Å². The van der Waals surface area contributed by atoms with Crippen molar-refractivity contribution in [3.05, 3.63) is 11.4 Å². The van der Waals surface area contributed by atoms with Crippen molar-refractivity contribution in [2.75, 3.05) is 12.8 Å². The zero-order valence-corrected chi connectivity index (χ0v) is 13.0. The van der Waals surface area contributed by atoms with E-state index in [0.29, 0.717) is 24.0 Å². The van der Waals surface area contributed by atoms with Gasteiger partial charge < -0.3 is 10.6 Å². The number of hydrogen-bond donors (Lipinski definition) is 1. The van der Waals surface area contributed by atoms with Crippen LogP contribution in [-0.4, -0.2) is 33.7 Å². The number of nitrogens with two attached hydrogens (primary N) is 1. The molecular formula is C15H26N4O. The lowest BCUT2D eigenvalue weighted by atomic mass is 9.86. The van der Waals surface area contributed by atoms with E-state index in [0.717, 1.165) is 24.5 Å². The smallest absolute Gasteiger partial charge is 0.274 e. The van der Waals surface area contributed by atoms with Gasteiger partial charge in [-0.05, 0) is 45.4 Å². The fraction of sp³-hybridized carbons (Fsp3) is 0.733. The molecular weight excluding hydrogens is 252 g/mol. The zero-order chi connectivity index (χ0) is 14.9. The molecule has 0 saturated heterocycles. The lowest BCUT2D eigenvalue weighted by Gasteiger charge is -2.33. The van der Waals surface area contributed by atoms with Crippen molar-refractivity contribution < 1.29 is 4.79 Å². The largest absolute Gasteiger partial charge is 0.395 e. The van der Waals surface area contributed by atoms with Crippen LogP contribution in [0.2, 0.25) is 0 Å². The third-order valence-electron chi connectivity index (χ3n) is 4.53.